The second kappa shape index (κ2) is 9.73. The van der Waals surface area contributed by atoms with Crippen molar-refractivity contribution in [3.8, 4) is 0 Å². The molecule has 29 heavy (non-hydrogen) atoms. The molecule has 0 saturated heterocycles. The molecule has 2 aromatic carbocycles. The van der Waals surface area contributed by atoms with Crippen LogP contribution in [-0.4, -0.2) is 18.4 Å². The lowest BCUT2D eigenvalue weighted by Gasteiger charge is -2.31. The van der Waals surface area contributed by atoms with Crippen LogP contribution >= 0.6 is 0 Å². The van der Waals surface area contributed by atoms with E-state index in [2.05, 4.69) is 30.4 Å². The van der Waals surface area contributed by atoms with Crippen molar-refractivity contribution in [2.24, 2.45) is 11.8 Å². The van der Waals surface area contributed by atoms with E-state index in [4.69, 9.17) is 0 Å². The average molecular weight is 393 g/mol. The third-order valence-corrected chi connectivity index (χ3v) is 6.06. The molecule has 2 aromatic rings. The van der Waals surface area contributed by atoms with Gasteiger partial charge in [-0.2, -0.15) is 0 Å². The Morgan fingerprint density at radius 2 is 1.66 bits per heavy atom. The molecular weight excluding hydrogens is 360 g/mol. The highest BCUT2D eigenvalue weighted by molar-refractivity contribution is 5.95. The van der Waals surface area contributed by atoms with Gasteiger partial charge in [0.2, 0.25) is 11.8 Å². The summed E-state index contributed by atoms with van der Waals surface area (Å²) in [7, 11) is 0. The van der Waals surface area contributed by atoms with Gasteiger partial charge < -0.3 is 10.2 Å². The summed E-state index contributed by atoms with van der Waals surface area (Å²) in [5.41, 5.74) is 4.47. The molecule has 3 rings (SSSR count). The summed E-state index contributed by atoms with van der Waals surface area (Å²) in [5.74, 6) is 0.329. The predicted octanol–water partition coefficient (Wildman–Crippen LogP) is 4.78. The molecule has 1 aliphatic rings. The molecule has 0 radical (unpaired) electrons. The Hall–Kier alpha value is -2.62. The standard InChI is InChI=1S/C25H32N2O2/c1-4-27(23-11-7-8-18(2)16-23)25(29)21-14-12-20(13-15-21)24(28)26-17-22-10-6-5-9-19(22)3/h5-11,16,20-21H,4,12-15,17H2,1-3H3,(H,26,28). The lowest BCUT2D eigenvalue weighted by molar-refractivity contribution is -0.129. The van der Waals surface area contributed by atoms with Gasteiger partial charge in [-0.1, -0.05) is 36.4 Å². The van der Waals surface area contributed by atoms with Crippen LogP contribution in [-0.2, 0) is 16.1 Å². The van der Waals surface area contributed by atoms with E-state index in [9.17, 15) is 9.59 Å². The third kappa shape index (κ3) is 5.26. The number of benzene rings is 2. The van der Waals surface area contributed by atoms with E-state index in [0.717, 1.165) is 42.5 Å². The van der Waals surface area contributed by atoms with Gasteiger partial charge in [0.05, 0.1) is 0 Å². The largest absolute Gasteiger partial charge is 0.352 e. The number of carbonyl (C=O) groups excluding carboxylic acids is 2. The number of anilines is 1. The second-order valence-corrected chi connectivity index (χ2v) is 8.11. The summed E-state index contributed by atoms with van der Waals surface area (Å²) < 4.78 is 0. The van der Waals surface area contributed by atoms with Crippen molar-refractivity contribution in [2.45, 2.75) is 53.0 Å². The number of hydrogen-bond acceptors (Lipinski definition) is 2. The Morgan fingerprint density at radius 1 is 0.966 bits per heavy atom. The molecule has 0 heterocycles. The molecule has 0 unspecified atom stereocenters. The minimum absolute atomic E-state index is 0.0101. The van der Waals surface area contributed by atoms with Gasteiger partial charge in [0.15, 0.2) is 0 Å². The van der Waals surface area contributed by atoms with Gasteiger partial charge in [-0.25, -0.2) is 0 Å². The SMILES string of the molecule is CCN(C(=O)C1CCC(C(=O)NCc2ccccc2C)CC1)c1cccc(C)c1. The van der Waals surface area contributed by atoms with Crippen molar-refractivity contribution in [1.82, 2.24) is 5.32 Å². The quantitative estimate of drug-likeness (QED) is 0.769. The van der Waals surface area contributed by atoms with Crippen molar-refractivity contribution in [3.05, 3.63) is 65.2 Å². The van der Waals surface area contributed by atoms with Crippen LogP contribution in [0.15, 0.2) is 48.5 Å². The Kier molecular flexibility index (Phi) is 7.08. The van der Waals surface area contributed by atoms with Crippen LogP contribution in [0, 0.1) is 25.7 Å². The van der Waals surface area contributed by atoms with Crippen molar-refractivity contribution in [2.75, 3.05) is 11.4 Å². The molecule has 1 aliphatic carbocycles. The summed E-state index contributed by atoms with van der Waals surface area (Å²) in [4.78, 5) is 27.6. The fourth-order valence-electron chi connectivity index (χ4n) is 4.22. The van der Waals surface area contributed by atoms with Gasteiger partial charge in [-0.05, 0) is 75.3 Å². The maximum absolute atomic E-state index is 13.1. The number of hydrogen-bond donors (Lipinski definition) is 1. The average Bonchev–Trinajstić information content (AvgIpc) is 2.73. The smallest absolute Gasteiger partial charge is 0.230 e. The van der Waals surface area contributed by atoms with Crippen LogP contribution in [0.5, 0.6) is 0 Å². The van der Waals surface area contributed by atoms with Gasteiger partial charge in [0.25, 0.3) is 0 Å². The van der Waals surface area contributed by atoms with Crippen molar-refractivity contribution >= 4 is 17.5 Å². The van der Waals surface area contributed by atoms with Gasteiger partial charge in [0, 0.05) is 30.6 Å². The second-order valence-electron chi connectivity index (χ2n) is 8.11. The van der Waals surface area contributed by atoms with E-state index in [1.807, 2.05) is 49.1 Å². The van der Waals surface area contributed by atoms with Crippen LogP contribution in [0.2, 0.25) is 0 Å². The van der Waals surface area contributed by atoms with Crippen molar-refractivity contribution < 1.29 is 9.59 Å². The first-order valence-electron chi connectivity index (χ1n) is 10.7. The fraction of sp³-hybridized carbons (Fsp3) is 0.440. The van der Waals surface area contributed by atoms with Crippen LogP contribution in [0.25, 0.3) is 0 Å². The number of rotatable bonds is 6. The van der Waals surface area contributed by atoms with E-state index in [0.29, 0.717) is 13.1 Å². The summed E-state index contributed by atoms with van der Waals surface area (Å²) in [6.07, 6.45) is 3.12. The first kappa shape index (κ1) is 21.1. The minimum atomic E-state index is 0.0101. The molecule has 1 saturated carbocycles. The van der Waals surface area contributed by atoms with E-state index >= 15 is 0 Å². The molecular formula is C25H32N2O2. The monoisotopic (exact) mass is 392 g/mol. The maximum Gasteiger partial charge on any atom is 0.230 e. The zero-order chi connectivity index (χ0) is 20.8. The van der Waals surface area contributed by atoms with E-state index in [-0.39, 0.29) is 23.7 Å². The molecule has 0 aliphatic heterocycles. The first-order chi connectivity index (χ1) is 14.0. The molecule has 0 bridgehead atoms. The van der Waals surface area contributed by atoms with Crippen LogP contribution in [0.4, 0.5) is 5.69 Å². The number of amides is 2. The molecule has 154 valence electrons. The predicted molar refractivity (Wildman–Crippen MR) is 118 cm³/mol. The zero-order valence-corrected chi connectivity index (χ0v) is 17.8. The van der Waals surface area contributed by atoms with Crippen molar-refractivity contribution in [1.29, 1.82) is 0 Å². The Morgan fingerprint density at radius 3 is 2.31 bits per heavy atom. The summed E-state index contributed by atoms with van der Waals surface area (Å²) in [6, 6.07) is 16.2. The van der Waals surface area contributed by atoms with Crippen molar-refractivity contribution in [3.63, 3.8) is 0 Å². The molecule has 4 heteroatoms. The molecule has 1 N–H and O–H groups in total. The fourth-order valence-corrected chi connectivity index (χ4v) is 4.22. The lowest BCUT2D eigenvalue weighted by atomic mass is 9.80. The number of nitrogens with zero attached hydrogens (tertiary/aromatic N) is 1. The van der Waals surface area contributed by atoms with Gasteiger partial charge in [-0.3, -0.25) is 9.59 Å². The minimum Gasteiger partial charge on any atom is -0.352 e. The molecule has 0 atom stereocenters. The number of aryl methyl sites for hydroxylation is 2. The summed E-state index contributed by atoms with van der Waals surface area (Å²) >= 11 is 0. The number of nitrogens with one attached hydrogen (secondary N) is 1. The summed E-state index contributed by atoms with van der Waals surface area (Å²) in [6.45, 7) is 7.36. The zero-order valence-electron chi connectivity index (χ0n) is 17.8. The lowest BCUT2D eigenvalue weighted by Crippen LogP contribution is -2.40. The highest BCUT2D eigenvalue weighted by Crippen LogP contribution is 2.31. The first-order valence-corrected chi connectivity index (χ1v) is 10.7. The normalized spacial score (nSPS) is 18.9. The molecule has 2 amide bonds. The topological polar surface area (TPSA) is 49.4 Å². The van der Waals surface area contributed by atoms with E-state index in [1.165, 1.54) is 5.56 Å². The van der Waals surface area contributed by atoms with Crippen LogP contribution < -0.4 is 10.2 Å². The van der Waals surface area contributed by atoms with E-state index in [1.54, 1.807) is 0 Å². The number of carbonyl (C=O) groups is 2. The highest BCUT2D eigenvalue weighted by Gasteiger charge is 2.32. The van der Waals surface area contributed by atoms with E-state index < -0.39 is 0 Å². The van der Waals surface area contributed by atoms with Gasteiger partial charge in [0.1, 0.15) is 0 Å². The Balaban J connectivity index is 1.53. The van der Waals surface area contributed by atoms with Gasteiger partial charge in [-0.15, -0.1) is 0 Å². The van der Waals surface area contributed by atoms with Gasteiger partial charge >= 0.3 is 0 Å². The maximum atomic E-state index is 13.1. The Labute approximate surface area is 174 Å². The Bertz CT molecular complexity index is 853. The van der Waals surface area contributed by atoms with Crippen LogP contribution in [0.1, 0.15) is 49.3 Å². The molecule has 0 spiro atoms. The molecule has 4 nitrogen and oxygen atoms in total. The molecule has 0 aromatic heterocycles. The summed E-state index contributed by atoms with van der Waals surface area (Å²) in [5, 5.41) is 3.09. The molecule has 1 fully saturated rings. The third-order valence-electron chi connectivity index (χ3n) is 6.06. The highest BCUT2D eigenvalue weighted by atomic mass is 16.2. The van der Waals surface area contributed by atoms with Crippen LogP contribution in [0.3, 0.4) is 0 Å².